The summed E-state index contributed by atoms with van der Waals surface area (Å²) in [5.41, 5.74) is 5.96. The van der Waals surface area contributed by atoms with Crippen LogP contribution in [-0.4, -0.2) is 41.9 Å². The standard InChI is InChI=1S/C13H26N2OS/c1-4-12(9-17-3)15(2)13(16)10-6-5-7-11(14)8-10/h10-12H,4-9,14H2,1-3H3. The first-order valence-corrected chi connectivity index (χ1v) is 8.00. The van der Waals surface area contributed by atoms with Crippen LogP contribution in [0.15, 0.2) is 0 Å². The van der Waals surface area contributed by atoms with Crippen molar-refractivity contribution >= 4 is 17.7 Å². The van der Waals surface area contributed by atoms with Crippen LogP contribution in [0.2, 0.25) is 0 Å². The van der Waals surface area contributed by atoms with Crippen molar-refractivity contribution < 1.29 is 4.79 Å². The average Bonchev–Trinajstić information content (AvgIpc) is 2.34. The molecule has 3 nitrogen and oxygen atoms in total. The Morgan fingerprint density at radius 3 is 2.76 bits per heavy atom. The molecule has 17 heavy (non-hydrogen) atoms. The van der Waals surface area contributed by atoms with Crippen LogP contribution in [0.1, 0.15) is 39.0 Å². The Kier molecular flexibility index (Phi) is 6.34. The van der Waals surface area contributed by atoms with Gasteiger partial charge in [0, 0.05) is 30.8 Å². The summed E-state index contributed by atoms with van der Waals surface area (Å²) in [6, 6.07) is 0.599. The predicted molar refractivity (Wildman–Crippen MR) is 75.2 cm³/mol. The van der Waals surface area contributed by atoms with Crippen molar-refractivity contribution in [3.63, 3.8) is 0 Å². The van der Waals surface area contributed by atoms with Gasteiger partial charge in [-0.3, -0.25) is 4.79 Å². The Morgan fingerprint density at radius 2 is 2.24 bits per heavy atom. The van der Waals surface area contributed by atoms with Crippen LogP contribution < -0.4 is 5.73 Å². The number of nitrogens with zero attached hydrogens (tertiary/aromatic N) is 1. The second-order valence-electron chi connectivity index (χ2n) is 5.09. The summed E-state index contributed by atoms with van der Waals surface area (Å²) in [6.07, 6.45) is 7.20. The normalized spacial score (nSPS) is 26.6. The lowest BCUT2D eigenvalue weighted by molar-refractivity contribution is -0.137. The molecule has 0 radical (unpaired) electrons. The van der Waals surface area contributed by atoms with Gasteiger partial charge in [-0.05, 0) is 31.9 Å². The van der Waals surface area contributed by atoms with Crippen LogP contribution in [-0.2, 0) is 4.79 Å². The Balaban J connectivity index is 2.54. The molecular formula is C13H26N2OS. The van der Waals surface area contributed by atoms with Crippen LogP contribution in [0.3, 0.4) is 0 Å². The van der Waals surface area contributed by atoms with Crippen LogP contribution >= 0.6 is 11.8 Å². The fourth-order valence-electron chi connectivity index (χ4n) is 2.62. The van der Waals surface area contributed by atoms with E-state index in [1.165, 1.54) is 0 Å². The zero-order chi connectivity index (χ0) is 12.8. The first-order valence-electron chi connectivity index (χ1n) is 6.61. The molecule has 4 heteroatoms. The SMILES string of the molecule is CCC(CSC)N(C)C(=O)C1CCCC(N)C1. The molecule has 100 valence electrons. The lowest BCUT2D eigenvalue weighted by Gasteiger charge is -2.33. The molecule has 1 aliphatic rings. The predicted octanol–water partition coefficient (Wildman–Crippen LogP) is 2.10. The monoisotopic (exact) mass is 258 g/mol. The number of nitrogens with two attached hydrogens (primary N) is 1. The van der Waals surface area contributed by atoms with Crippen molar-refractivity contribution in [2.45, 2.75) is 51.1 Å². The maximum atomic E-state index is 12.4. The smallest absolute Gasteiger partial charge is 0.225 e. The van der Waals surface area contributed by atoms with Gasteiger partial charge in [-0.2, -0.15) is 11.8 Å². The Hall–Kier alpha value is -0.220. The highest BCUT2D eigenvalue weighted by molar-refractivity contribution is 7.98. The van der Waals surface area contributed by atoms with Crippen LogP contribution in [0, 0.1) is 5.92 Å². The van der Waals surface area contributed by atoms with Gasteiger partial charge in [-0.25, -0.2) is 0 Å². The number of amides is 1. The maximum Gasteiger partial charge on any atom is 0.225 e. The van der Waals surface area contributed by atoms with Gasteiger partial charge in [0.1, 0.15) is 0 Å². The van der Waals surface area contributed by atoms with Gasteiger partial charge in [0.05, 0.1) is 0 Å². The Morgan fingerprint density at radius 1 is 1.53 bits per heavy atom. The second-order valence-corrected chi connectivity index (χ2v) is 6.00. The zero-order valence-electron chi connectivity index (χ0n) is 11.3. The minimum atomic E-state index is 0.166. The summed E-state index contributed by atoms with van der Waals surface area (Å²) in [7, 11) is 1.95. The molecule has 0 saturated heterocycles. The minimum Gasteiger partial charge on any atom is -0.342 e. The molecule has 1 amide bonds. The molecule has 3 atom stereocenters. The molecule has 3 unspecified atom stereocenters. The minimum absolute atomic E-state index is 0.166. The fourth-order valence-corrected chi connectivity index (χ4v) is 3.46. The number of hydrogen-bond acceptors (Lipinski definition) is 3. The molecule has 0 aliphatic heterocycles. The third kappa shape index (κ3) is 4.18. The van der Waals surface area contributed by atoms with Gasteiger partial charge in [0.25, 0.3) is 0 Å². The Bertz CT molecular complexity index is 248. The lowest BCUT2D eigenvalue weighted by atomic mass is 9.85. The van der Waals surface area contributed by atoms with Crippen LogP contribution in [0.5, 0.6) is 0 Å². The molecular weight excluding hydrogens is 232 g/mol. The van der Waals surface area contributed by atoms with E-state index in [9.17, 15) is 4.79 Å². The number of hydrogen-bond donors (Lipinski definition) is 1. The van der Waals surface area contributed by atoms with E-state index in [1.54, 1.807) is 0 Å². The van der Waals surface area contributed by atoms with E-state index in [0.717, 1.165) is 37.9 Å². The maximum absolute atomic E-state index is 12.4. The molecule has 0 spiro atoms. The highest BCUT2D eigenvalue weighted by atomic mass is 32.2. The number of carbonyl (C=O) groups excluding carboxylic acids is 1. The molecule has 1 fully saturated rings. The lowest BCUT2D eigenvalue weighted by Crippen LogP contribution is -2.44. The van der Waals surface area contributed by atoms with Gasteiger partial charge >= 0.3 is 0 Å². The molecule has 0 aromatic rings. The van der Waals surface area contributed by atoms with Gasteiger partial charge in [-0.1, -0.05) is 13.3 Å². The topological polar surface area (TPSA) is 46.3 Å². The van der Waals surface area contributed by atoms with Gasteiger partial charge in [0.2, 0.25) is 5.91 Å². The molecule has 2 N–H and O–H groups in total. The van der Waals surface area contributed by atoms with E-state index >= 15 is 0 Å². The zero-order valence-corrected chi connectivity index (χ0v) is 12.1. The number of rotatable bonds is 5. The van der Waals surface area contributed by atoms with Crippen molar-refractivity contribution in [2.24, 2.45) is 11.7 Å². The second kappa shape index (κ2) is 7.27. The van der Waals surface area contributed by atoms with E-state index in [-0.39, 0.29) is 12.0 Å². The van der Waals surface area contributed by atoms with Crippen molar-refractivity contribution in [3.8, 4) is 0 Å². The van der Waals surface area contributed by atoms with E-state index in [2.05, 4.69) is 13.2 Å². The molecule has 1 rings (SSSR count). The first kappa shape index (κ1) is 14.8. The van der Waals surface area contributed by atoms with Gasteiger partial charge < -0.3 is 10.6 Å². The summed E-state index contributed by atoms with van der Waals surface area (Å²) >= 11 is 1.81. The first-order chi connectivity index (χ1) is 8.10. The largest absolute Gasteiger partial charge is 0.342 e. The van der Waals surface area contributed by atoms with Crippen molar-refractivity contribution in [3.05, 3.63) is 0 Å². The van der Waals surface area contributed by atoms with Gasteiger partial charge in [-0.15, -0.1) is 0 Å². The quantitative estimate of drug-likeness (QED) is 0.821. The highest BCUT2D eigenvalue weighted by Crippen LogP contribution is 2.25. The van der Waals surface area contributed by atoms with Crippen LogP contribution in [0.25, 0.3) is 0 Å². The van der Waals surface area contributed by atoms with Crippen molar-refractivity contribution in [1.82, 2.24) is 4.90 Å². The summed E-state index contributed by atoms with van der Waals surface area (Å²) < 4.78 is 0. The van der Waals surface area contributed by atoms with Crippen molar-refractivity contribution in [1.29, 1.82) is 0 Å². The Labute approximate surface area is 109 Å². The summed E-state index contributed by atoms with van der Waals surface area (Å²) in [4.78, 5) is 14.3. The molecule has 1 saturated carbocycles. The summed E-state index contributed by atoms with van der Waals surface area (Å²) in [5.74, 6) is 1.50. The van der Waals surface area contributed by atoms with E-state index in [0.29, 0.717) is 11.9 Å². The summed E-state index contributed by atoms with van der Waals surface area (Å²) in [6.45, 7) is 2.15. The van der Waals surface area contributed by atoms with E-state index in [4.69, 9.17) is 5.73 Å². The highest BCUT2D eigenvalue weighted by Gasteiger charge is 2.29. The fraction of sp³-hybridized carbons (Fsp3) is 0.923. The molecule has 0 aromatic heterocycles. The molecule has 0 bridgehead atoms. The van der Waals surface area contributed by atoms with Crippen molar-refractivity contribution in [2.75, 3.05) is 19.1 Å². The third-order valence-corrected chi connectivity index (χ3v) is 4.51. The van der Waals surface area contributed by atoms with E-state index in [1.807, 2.05) is 23.7 Å². The number of thioether (sulfide) groups is 1. The van der Waals surface area contributed by atoms with Gasteiger partial charge in [0.15, 0.2) is 0 Å². The van der Waals surface area contributed by atoms with Crippen LogP contribution in [0.4, 0.5) is 0 Å². The number of carbonyl (C=O) groups is 1. The third-order valence-electron chi connectivity index (χ3n) is 3.79. The summed E-state index contributed by atoms with van der Waals surface area (Å²) in [5, 5.41) is 0. The molecule has 0 heterocycles. The molecule has 0 aromatic carbocycles. The molecule has 1 aliphatic carbocycles. The van der Waals surface area contributed by atoms with E-state index < -0.39 is 0 Å². The average molecular weight is 258 g/mol.